The zero-order chi connectivity index (χ0) is 13.5. The van der Waals surface area contributed by atoms with Crippen LogP contribution in [0.1, 0.15) is 22.1 Å². The van der Waals surface area contributed by atoms with E-state index in [0.717, 1.165) is 17.0 Å². The summed E-state index contributed by atoms with van der Waals surface area (Å²) in [6, 6.07) is 13.1. The molecule has 0 radical (unpaired) electrons. The van der Waals surface area contributed by atoms with E-state index >= 15 is 0 Å². The smallest absolute Gasteiger partial charge is 0.255 e. The molecule has 20 heavy (non-hydrogen) atoms. The number of amides is 1. The summed E-state index contributed by atoms with van der Waals surface area (Å²) in [6.45, 7) is 0.242. The number of anilines is 1. The number of rotatable bonds is 1. The van der Waals surface area contributed by atoms with Crippen LogP contribution >= 0.6 is 0 Å². The van der Waals surface area contributed by atoms with Crippen LogP contribution in [-0.2, 0) is 0 Å². The average Bonchev–Trinajstić information content (AvgIpc) is 2.94. The molecule has 1 atom stereocenters. The molecule has 2 heterocycles. The van der Waals surface area contributed by atoms with Gasteiger partial charge in [-0.15, -0.1) is 0 Å². The Morgan fingerprint density at radius 2 is 1.85 bits per heavy atom. The molecule has 2 aromatic rings. The van der Waals surface area contributed by atoms with Crippen LogP contribution in [-0.4, -0.2) is 12.7 Å². The molecule has 100 valence electrons. The molecule has 1 amide bonds. The molecule has 0 aromatic heterocycles. The molecule has 5 nitrogen and oxygen atoms in total. The summed E-state index contributed by atoms with van der Waals surface area (Å²) in [7, 11) is 0. The topological polar surface area (TPSA) is 59.6 Å². The van der Waals surface area contributed by atoms with E-state index in [1.165, 1.54) is 0 Å². The number of benzene rings is 2. The molecule has 0 bridgehead atoms. The molecule has 0 fully saturated rings. The molecule has 5 heteroatoms. The first-order valence-electron chi connectivity index (χ1n) is 6.37. The van der Waals surface area contributed by atoms with Crippen molar-refractivity contribution >= 4 is 11.6 Å². The average molecular weight is 268 g/mol. The monoisotopic (exact) mass is 268 g/mol. The SMILES string of the molecule is O=C1N[C@@H](c2ccc3c(c2)OCO3)Nc2ccccc21. The van der Waals surface area contributed by atoms with Crippen molar-refractivity contribution in [3.63, 3.8) is 0 Å². The van der Waals surface area contributed by atoms with Crippen LogP contribution in [0.2, 0.25) is 0 Å². The highest BCUT2D eigenvalue weighted by Crippen LogP contribution is 2.35. The highest BCUT2D eigenvalue weighted by atomic mass is 16.7. The molecule has 0 saturated carbocycles. The van der Waals surface area contributed by atoms with Crippen LogP contribution in [0, 0.1) is 0 Å². The van der Waals surface area contributed by atoms with E-state index in [2.05, 4.69) is 10.6 Å². The first-order chi connectivity index (χ1) is 9.81. The molecular formula is C15H12N2O3. The third-order valence-corrected chi connectivity index (χ3v) is 3.48. The molecule has 4 rings (SSSR count). The van der Waals surface area contributed by atoms with Crippen molar-refractivity contribution in [3.05, 3.63) is 53.6 Å². The number of carbonyl (C=O) groups excluding carboxylic acids is 1. The van der Waals surface area contributed by atoms with Gasteiger partial charge < -0.3 is 20.1 Å². The second kappa shape index (κ2) is 4.16. The maximum absolute atomic E-state index is 12.1. The maximum atomic E-state index is 12.1. The molecule has 0 unspecified atom stereocenters. The van der Waals surface area contributed by atoms with Gasteiger partial charge in [0.2, 0.25) is 6.79 Å². The van der Waals surface area contributed by atoms with E-state index in [-0.39, 0.29) is 18.9 Å². The van der Waals surface area contributed by atoms with Crippen molar-refractivity contribution in [1.82, 2.24) is 5.32 Å². The molecule has 2 aliphatic rings. The first-order valence-corrected chi connectivity index (χ1v) is 6.37. The number of carbonyl (C=O) groups is 1. The predicted octanol–water partition coefficient (Wildman–Crippen LogP) is 2.27. The minimum Gasteiger partial charge on any atom is -0.454 e. The molecule has 0 spiro atoms. The predicted molar refractivity (Wildman–Crippen MR) is 72.8 cm³/mol. The van der Waals surface area contributed by atoms with Crippen molar-refractivity contribution in [3.8, 4) is 11.5 Å². The standard InChI is InChI=1S/C15H12N2O3/c18-15-10-3-1-2-4-11(10)16-14(17-15)9-5-6-12-13(7-9)20-8-19-12/h1-7,14,16H,8H2,(H,17,18)/t14-/m0/s1. The normalized spacial score (nSPS) is 19.0. The van der Waals surface area contributed by atoms with E-state index in [1.54, 1.807) is 6.07 Å². The molecule has 0 aliphatic carbocycles. The van der Waals surface area contributed by atoms with E-state index < -0.39 is 0 Å². The Labute approximate surface area is 115 Å². The lowest BCUT2D eigenvalue weighted by atomic mass is 10.1. The van der Waals surface area contributed by atoms with Crippen molar-refractivity contribution in [2.45, 2.75) is 6.17 Å². The first kappa shape index (κ1) is 11.2. The molecule has 2 N–H and O–H groups in total. The molecule has 2 aliphatic heterocycles. The van der Waals surface area contributed by atoms with Crippen LogP contribution in [0.25, 0.3) is 0 Å². The van der Waals surface area contributed by atoms with Crippen molar-refractivity contribution in [2.75, 3.05) is 12.1 Å². The van der Waals surface area contributed by atoms with Gasteiger partial charge in [-0.2, -0.15) is 0 Å². The lowest BCUT2D eigenvalue weighted by Gasteiger charge is -2.28. The van der Waals surface area contributed by atoms with Gasteiger partial charge in [0, 0.05) is 5.69 Å². The van der Waals surface area contributed by atoms with Gasteiger partial charge >= 0.3 is 0 Å². The fourth-order valence-corrected chi connectivity index (χ4v) is 2.47. The Kier molecular flexibility index (Phi) is 2.32. The highest BCUT2D eigenvalue weighted by molar-refractivity contribution is 6.01. The lowest BCUT2D eigenvalue weighted by molar-refractivity contribution is 0.0935. The fourth-order valence-electron chi connectivity index (χ4n) is 2.47. The zero-order valence-corrected chi connectivity index (χ0v) is 10.6. The van der Waals surface area contributed by atoms with E-state index in [0.29, 0.717) is 11.3 Å². The number of ether oxygens (including phenoxy) is 2. The van der Waals surface area contributed by atoms with Gasteiger partial charge in [-0.25, -0.2) is 0 Å². The van der Waals surface area contributed by atoms with E-state index in [4.69, 9.17) is 9.47 Å². The summed E-state index contributed by atoms with van der Waals surface area (Å²) >= 11 is 0. The second-order valence-electron chi connectivity index (χ2n) is 4.71. The van der Waals surface area contributed by atoms with Gasteiger partial charge in [0.1, 0.15) is 6.17 Å². The van der Waals surface area contributed by atoms with Crippen LogP contribution in [0.15, 0.2) is 42.5 Å². The number of para-hydroxylation sites is 1. The number of fused-ring (bicyclic) bond motifs is 2. The zero-order valence-electron chi connectivity index (χ0n) is 10.6. The molecule has 2 aromatic carbocycles. The van der Waals surface area contributed by atoms with Crippen molar-refractivity contribution in [2.24, 2.45) is 0 Å². The van der Waals surface area contributed by atoms with E-state index in [9.17, 15) is 4.79 Å². The lowest BCUT2D eigenvalue weighted by Crippen LogP contribution is -2.38. The Balaban J connectivity index is 1.69. The van der Waals surface area contributed by atoms with Gasteiger partial charge in [0.15, 0.2) is 11.5 Å². The molecular weight excluding hydrogens is 256 g/mol. The van der Waals surface area contributed by atoms with Crippen LogP contribution in [0.3, 0.4) is 0 Å². The van der Waals surface area contributed by atoms with Crippen LogP contribution in [0.5, 0.6) is 11.5 Å². The quantitative estimate of drug-likeness (QED) is 0.833. The minimum absolute atomic E-state index is 0.0815. The summed E-state index contributed by atoms with van der Waals surface area (Å²) < 4.78 is 10.7. The third-order valence-electron chi connectivity index (χ3n) is 3.48. The summed E-state index contributed by atoms with van der Waals surface area (Å²) in [4.78, 5) is 12.1. The Hall–Kier alpha value is -2.69. The van der Waals surface area contributed by atoms with Gasteiger partial charge in [0.25, 0.3) is 5.91 Å². The van der Waals surface area contributed by atoms with Crippen molar-refractivity contribution < 1.29 is 14.3 Å². The summed E-state index contributed by atoms with van der Waals surface area (Å²) in [5, 5.41) is 6.24. The Bertz CT molecular complexity index is 699. The largest absolute Gasteiger partial charge is 0.454 e. The number of hydrogen-bond acceptors (Lipinski definition) is 4. The second-order valence-corrected chi connectivity index (χ2v) is 4.71. The fraction of sp³-hybridized carbons (Fsp3) is 0.133. The van der Waals surface area contributed by atoms with E-state index in [1.807, 2.05) is 36.4 Å². The van der Waals surface area contributed by atoms with Gasteiger partial charge in [0.05, 0.1) is 5.56 Å². The van der Waals surface area contributed by atoms with Gasteiger partial charge in [-0.3, -0.25) is 4.79 Å². The number of nitrogens with one attached hydrogen (secondary N) is 2. The summed E-state index contributed by atoms with van der Waals surface area (Å²) in [5.74, 6) is 1.36. The maximum Gasteiger partial charge on any atom is 0.255 e. The number of hydrogen-bond donors (Lipinski definition) is 2. The van der Waals surface area contributed by atoms with Gasteiger partial charge in [-0.1, -0.05) is 18.2 Å². The summed E-state index contributed by atoms with van der Waals surface area (Å²) in [6.07, 6.45) is -0.271. The Morgan fingerprint density at radius 1 is 1.00 bits per heavy atom. The Morgan fingerprint density at radius 3 is 2.80 bits per heavy atom. The summed E-state index contributed by atoms with van der Waals surface area (Å²) in [5.41, 5.74) is 2.42. The molecule has 0 saturated heterocycles. The highest BCUT2D eigenvalue weighted by Gasteiger charge is 2.25. The van der Waals surface area contributed by atoms with Crippen LogP contribution in [0.4, 0.5) is 5.69 Å². The van der Waals surface area contributed by atoms with Crippen molar-refractivity contribution in [1.29, 1.82) is 0 Å². The third kappa shape index (κ3) is 1.67. The van der Waals surface area contributed by atoms with Gasteiger partial charge in [-0.05, 0) is 29.8 Å². The van der Waals surface area contributed by atoms with Crippen LogP contribution < -0.4 is 20.1 Å². The minimum atomic E-state index is -0.271.